The standard InChI is InChI=1S/C20H21F3N4OS/c1-2-27-8-3-4-13(11-27)24-19-15-7-9-29-18(15)17(25-26-19)14-6-5-12(10-16(14)28)20(21,22)23/h5-7,9-10,13,28H,2-4,8,11H2,1H3,(H,24,26)/t13-/m1/s1. The molecule has 0 saturated carbocycles. The van der Waals surface area contributed by atoms with Gasteiger partial charge in [-0.15, -0.1) is 21.5 Å². The zero-order valence-corrected chi connectivity index (χ0v) is 16.6. The molecule has 5 nitrogen and oxygen atoms in total. The number of anilines is 1. The van der Waals surface area contributed by atoms with Crippen LogP contribution in [0.4, 0.5) is 19.0 Å². The van der Waals surface area contributed by atoms with E-state index in [0.717, 1.165) is 54.7 Å². The maximum atomic E-state index is 12.9. The lowest BCUT2D eigenvalue weighted by Crippen LogP contribution is -2.42. The van der Waals surface area contributed by atoms with E-state index in [1.54, 1.807) is 0 Å². The number of thiophene rings is 1. The lowest BCUT2D eigenvalue weighted by Gasteiger charge is -2.32. The van der Waals surface area contributed by atoms with Gasteiger partial charge in [0.05, 0.1) is 10.3 Å². The van der Waals surface area contributed by atoms with Gasteiger partial charge in [-0.3, -0.25) is 0 Å². The number of phenols is 1. The first-order valence-corrected chi connectivity index (χ1v) is 10.4. The molecule has 1 aliphatic rings. The van der Waals surface area contributed by atoms with E-state index in [4.69, 9.17) is 0 Å². The van der Waals surface area contributed by atoms with Crippen molar-refractivity contribution in [3.8, 4) is 17.0 Å². The van der Waals surface area contributed by atoms with Crippen molar-refractivity contribution in [2.24, 2.45) is 0 Å². The van der Waals surface area contributed by atoms with E-state index in [2.05, 4.69) is 27.3 Å². The molecule has 3 aromatic rings. The van der Waals surface area contributed by atoms with Crippen LogP contribution in [-0.2, 0) is 6.18 Å². The molecular weight excluding hydrogens is 401 g/mol. The lowest BCUT2D eigenvalue weighted by molar-refractivity contribution is -0.137. The van der Waals surface area contributed by atoms with Gasteiger partial charge in [-0.1, -0.05) is 6.92 Å². The maximum absolute atomic E-state index is 12.9. The number of halogens is 3. The molecule has 1 aliphatic heterocycles. The van der Waals surface area contributed by atoms with Crippen molar-refractivity contribution in [1.82, 2.24) is 15.1 Å². The quantitative estimate of drug-likeness (QED) is 0.621. The predicted molar refractivity (Wildman–Crippen MR) is 108 cm³/mol. The van der Waals surface area contributed by atoms with Gasteiger partial charge in [0.15, 0.2) is 5.82 Å². The number of hydrogen-bond acceptors (Lipinski definition) is 6. The molecule has 2 aromatic heterocycles. The highest BCUT2D eigenvalue weighted by molar-refractivity contribution is 7.17. The summed E-state index contributed by atoms with van der Waals surface area (Å²) in [7, 11) is 0. The molecule has 0 bridgehead atoms. The minimum absolute atomic E-state index is 0.235. The number of piperidine rings is 1. The van der Waals surface area contributed by atoms with Gasteiger partial charge in [0, 0.05) is 23.5 Å². The molecule has 1 aromatic carbocycles. The Morgan fingerprint density at radius 2 is 2.10 bits per heavy atom. The van der Waals surface area contributed by atoms with Crippen molar-refractivity contribution in [3.63, 3.8) is 0 Å². The van der Waals surface area contributed by atoms with E-state index in [1.807, 2.05) is 11.4 Å². The van der Waals surface area contributed by atoms with Crippen LogP contribution in [0, 0.1) is 0 Å². The minimum Gasteiger partial charge on any atom is -0.507 e. The summed E-state index contributed by atoms with van der Waals surface area (Å²) in [6, 6.07) is 5.11. The highest BCUT2D eigenvalue weighted by Crippen LogP contribution is 2.40. The Morgan fingerprint density at radius 1 is 1.28 bits per heavy atom. The summed E-state index contributed by atoms with van der Waals surface area (Å²) >= 11 is 1.42. The largest absolute Gasteiger partial charge is 0.507 e. The third-order valence-corrected chi connectivity index (χ3v) is 6.18. The van der Waals surface area contributed by atoms with Crippen LogP contribution in [0.3, 0.4) is 0 Å². The second-order valence-electron chi connectivity index (χ2n) is 7.17. The maximum Gasteiger partial charge on any atom is 0.416 e. The number of likely N-dealkylation sites (N-methyl/N-ethyl adjacent to an activating group) is 1. The van der Waals surface area contributed by atoms with Crippen molar-refractivity contribution < 1.29 is 18.3 Å². The number of rotatable bonds is 4. The first kappa shape index (κ1) is 19.9. The molecule has 0 amide bonds. The van der Waals surface area contributed by atoms with Gasteiger partial charge in [-0.05, 0) is 55.6 Å². The van der Waals surface area contributed by atoms with Crippen LogP contribution in [-0.4, -0.2) is 45.9 Å². The third-order valence-electron chi connectivity index (χ3n) is 5.26. The Labute approximate surface area is 170 Å². The van der Waals surface area contributed by atoms with Crippen LogP contribution in [0.1, 0.15) is 25.3 Å². The Bertz CT molecular complexity index is 1020. The minimum atomic E-state index is -4.51. The highest BCUT2D eigenvalue weighted by atomic mass is 32.1. The second kappa shape index (κ2) is 7.79. The smallest absolute Gasteiger partial charge is 0.416 e. The fraction of sp³-hybridized carbons (Fsp3) is 0.400. The lowest BCUT2D eigenvalue weighted by atomic mass is 10.0. The summed E-state index contributed by atoms with van der Waals surface area (Å²) < 4.78 is 39.4. The molecule has 1 saturated heterocycles. The Balaban J connectivity index is 1.67. The van der Waals surface area contributed by atoms with Gasteiger partial charge < -0.3 is 15.3 Å². The number of nitrogens with one attached hydrogen (secondary N) is 1. The van der Waals surface area contributed by atoms with E-state index in [-0.39, 0.29) is 11.6 Å². The predicted octanol–water partition coefficient (Wildman–Crippen LogP) is 4.98. The molecule has 4 rings (SSSR count). The summed E-state index contributed by atoms with van der Waals surface area (Å²) in [5.41, 5.74) is -0.282. The molecule has 9 heteroatoms. The van der Waals surface area contributed by atoms with Crippen LogP contribution in [0.15, 0.2) is 29.6 Å². The molecule has 0 aliphatic carbocycles. The number of aromatic hydroxyl groups is 1. The van der Waals surface area contributed by atoms with Gasteiger partial charge in [-0.25, -0.2) is 0 Å². The molecule has 3 heterocycles. The first-order valence-electron chi connectivity index (χ1n) is 9.50. The summed E-state index contributed by atoms with van der Waals surface area (Å²) in [5.74, 6) is 0.203. The van der Waals surface area contributed by atoms with Gasteiger partial charge in [0.1, 0.15) is 11.4 Å². The van der Waals surface area contributed by atoms with Crippen molar-refractivity contribution in [3.05, 3.63) is 35.2 Å². The molecule has 0 spiro atoms. The highest BCUT2D eigenvalue weighted by Gasteiger charge is 2.31. The number of aromatic nitrogens is 2. The molecule has 1 atom stereocenters. The average Bonchev–Trinajstić information content (AvgIpc) is 3.18. The van der Waals surface area contributed by atoms with Crippen LogP contribution in [0.25, 0.3) is 21.3 Å². The summed E-state index contributed by atoms with van der Waals surface area (Å²) in [6.07, 6.45) is -2.35. The molecule has 0 radical (unpaired) electrons. The Morgan fingerprint density at radius 3 is 2.83 bits per heavy atom. The molecule has 0 unspecified atom stereocenters. The second-order valence-corrected chi connectivity index (χ2v) is 8.08. The summed E-state index contributed by atoms with van der Waals surface area (Å²) in [6.45, 7) is 5.18. The van der Waals surface area contributed by atoms with Crippen LogP contribution in [0.2, 0.25) is 0 Å². The zero-order chi connectivity index (χ0) is 20.6. The Kier molecular flexibility index (Phi) is 5.35. The van der Waals surface area contributed by atoms with Gasteiger partial charge in [0.2, 0.25) is 0 Å². The fourth-order valence-corrected chi connectivity index (χ4v) is 4.62. The Hall–Kier alpha value is -2.39. The third kappa shape index (κ3) is 4.02. The summed E-state index contributed by atoms with van der Waals surface area (Å²) in [4.78, 5) is 2.38. The molecule has 154 valence electrons. The zero-order valence-electron chi connectivity index (χ0n) is 15.8. The topological polar surface area (TPSA) is 61.3 Å². The van der Waals surface area contributed by atoms with Crippen LogP contribution >= 0.6 is 11.3 Å². The van der Waals surface area contributed by atoms with E-state index < -0.39 is 17.5 Å². The number of fused-ring (bicyclic) bond motifs is 1. The van der Waals surface area contributed by atoms with E-state index in [9.17, 15) is 18.3 Å². The molecular formula is C20H21F3N4OS. The van der Waals surface area contributed by atoms with Gasteiger partial charge in [0.25, 0.3) is 0 Å². The molecule has 2 N–H and O–H groups in total. The van der Waals surface area contributed by atoms with Crippen LogP contribution < -0.4 is 5.32 Å². The molecule has 29 heavy (non-hydrogen) atoms. The van der Waals surface area contributed by atoms with E-state index in [1.165, 1.54) is 17.4 Å². The van der Waals surface area contributed by atoms with E-state index >= 15 is 0 Å². The van der Waals surface area contributed by atoms with Crippen molar-refractivity contribution >= 4 is 27.2 Å². The van der Waals surface area contributed by atoms with E-state index in [0.29, 0.717) is 11.5 Å². The average molecular weight is 422 g/mol. The number of alkyl halides is 3. The monoisotopic (exact) mass is 422 g/mol. The van der Waals surface area contributed by atoms with Gasteiger partial charge >= 0.3 is 6.18 Å². The number of phenolic OH excluding ortho intramolecular Hbond substituents is 1. The number of benzene rings is 1. The van der Waals surface area contributed by atoms with Gasteiger partial charge in [-0.2, -0.15) is 13.2 Å². The van der Waals surface area contributed by atoms with Crippen LogP contribution in [0.5, 0.6) is 5.75 Å². The van der Waals surface area contributed by atoms with Crippen molar-refractivity contribution in [1.29, 1.82) is 0 Å². The SMILES string of the molecule is CCN1CCC[C@@H](Nc2nnc(-c3ccc(C(F)(F)F)cc3O)c3sccc23)C1. The fourth-order valence-electron chi connectivity index (χ4n) is 3.72. The number of likely N-dealkylation sites (tertiary alicyclic amines) is 1. The summed E-state index contributed by atoms with van der Waals surface area (Å²) in [5, 5.41) is 25.0. The molecule has 1 fully saturated rings. The number of hydrogen-bond donors (Lipinski definition) is 2. The normalized spacial score (nSPS) is 18.3. The first-order chi connectivity index (χ1) is 13.9. The van der Waals surface area contributed by atoms with Crippen molar-refractivity contribution in [2.75, 3.05) is 25.0 Å². The van der Waals surface area contributed by atoms with Crippen molar-refractivity contribution in [2.45, 2.75) is 32.0 Å². The number of nitrogens with zero attached hydrogens (tertiary/aromatic N) is 3.